The van der Waals surface area contributed by atoms with Crippen molar-refractivity contribution < 1.29 is 0 Å². The number of hydrogen-bond acceptors (Lipinski definition) is 2. The molecule has 20 heavy (non-hydrogen) atoms. The van der Waals surface area contributed by atoms with Gasteiger partial charge in [-0.05, 0) is 26.2 Å². The molecule has 1 atom stereocenters. The van der Waals surface area contributed by atoms with E-state index >= 15 is 0 Å². The van der Waals surface area contributed by atoms with Crippen LogP contribution in [0.3, 0.4) is 0 Å². The van der Waals surface area contributed by atoms with Gasteiger partial charge in [0.25, 0.3) is 0 Å². The monoisotopic (exact) mass is 280 g/mol. The first-order valence-corrected chi connectivity index (χ1v) is 9.03. The van der Waals surface area contributed by atoms with E-state index in [1.165, 1.54) is 70.8 Å². The minimum absolute atomic E-state index is 0.642. The third-order valence-electron chi connectivity index (χ3n) is 4.42. The summed E-state index contributed by atoms with van der Waals surface area (Å²) in [7, 11) is 0. The Morgan fingerprint density at radius 3 is 2.00 bits per heavy atom. The van der Waals surface area contributed by atoms with Gasteiger partial charge in [-0.15, -0.1) is 0 Å². The van der Waals surface area contributed by atoms with Crippen LogP contribution in [0.1, 0.15) is 85.0 Å². The Balaban J connectivity index is 2.23. The summed E-state index contributed by atoms with van der Waals surface area (Å²) in [4.78, 5) is 5.09. The van der Waals surface area contributed by atoms with E-state index in [1.807, 2.05) is 0 Å². The van der Waals surface area contributed by atoms with Crippen molar-refractivity contribution >= 4 is 0 Å². The van der Waals surface area contributed by atoms with Crippen LogP contribution in [0.2, 0.25) is 0 Å². The molecule has 0 bridgehead atoms. The lowest BCUT2D eigenvalue weighted by Crippen LogP contribution is -2.38. The average Bonchev–Trinajstić information content (AvgIpc) is 2.85. The fraction of sp³-hybridized carbons (Fsp3) is 0.889. The van der Waals surface area contributed by atoms with E-state index in [2.05, 4.69) is 43.0 Å². The lowest BCUT2D eigenvalue weighted by molar-refractivity contribution is 0.142. The fourth-order valence-corrected chi connectivity index (χ4v) is 3.08. The van der Waals surface area contributed by atoms with Gasteiger partial charge in [-0.3, -0.25) is 0 Å². The summed E-state index contributed by atoms with van der Waals surface area (Å²) in [6.07, 6.45) is 19.0. The maximum absolute atomic E-state index is 2.57. The van der Waals surface area contributed by atoms with E-state index in [4.69, 9.17) is 0 Å². The largest absolute Gasteiger partial charge is 0.356 e. The van der Waals surface area contributed by atoms with Gasteiger partial charge < -0.3 is 9.80 Å². The minimum Gasteiger partial charge on any atom is -0.356 e. The second-order valence-corrected chi connectivity index (χ2v) is 6.11. The molecule has 0 aromatic rings. The highest BCUT2D eigenvalue weighted by Crippen LogP contribution is 2.22. The number of unbranched alkanes of at least 4 members (excludes halogenated alkanes) is 7. The molecule has 0 fully saturated rings. The highest BCUT2D eigenvalue weighted by molar-refractivity contribution is 4.96. The Labute approximate surface area is 127 Å². The predicted octanol–water partition coefficient (Wildman–Crippen LogP) is 5.36. The Hall–Kier alpha value is -0.660. The zero-order chi connectivity index (χ0) is 14.6. The summed E-state index contributed by atoms with van der Waals surface area (Å²) in [6, 6.07) is 0. The predicted molar refractivity (Wildman–Crippen MR) is 89.5 cm³/mol. The van der Waals surface area contributed by atoms with E-state index in [9.17, 15) is 0 Å². The van der Waals surface area contributed by atoms with E-state index < -0.39 is 0 Å². The molecule has 2 heteroatoms. The lowest BCUT2D eigenvalue weighted by atomic mass is 10.1. The molecule has 1 aliphatic rings. The first-order valence-electron chi connectivity index (χ1n) is 9.03. The lowest BCUT2D eigenvalue weighted by Gasteiger charge is -2.32. The van der Waals surface area contributed by atoms with Crippen LogP contribution in [-0.4, -0.2) is 29.1 Å². The van der Waals surface area contributed by atoms with Crippen molar-refractivity contribution in [2.75, 3.05) is 13.1 Å². The van der Waals surface area contributed by atoms with Crippen LogP contribution in [-0.2, 0) is 0 Å². The molecule has 0 N–H and O–H groups in total. The molecular weight excluding hydrogens is 244 g/mol. The quantitative estimate of drug-likeness (QED) is 0.444. The molecular formula is C18H36N2. The van der Waals surface area contributed by atoms with Gasteiger partial charge >= 0.3 is 0 Å². The van der Waals surface area contributed by atoms with E-state index in [-0.39, 0.29) is 0 Å². The van der Waals surface area contributed by atoms with Gasteiger partial charge in [0.2, 0.25) is 0 Å². The highest BCUT2D eigenvalue weighted by Gasteiger charge is 2.23. The SMILES string of the molecule is CCCCCCCCC1N(CC)C=CN1CCCCC. The van der Waals surface area contributed by atoms with Gasteiger partial charge in [-0.1, -0.05) is 58.8 Å². The van der Waals surface area contributed by atoms with Gasteiger partial charge in [0.05, 0.1) is 0 Å². The van der Waals surface area contributed by atoms with Crippen LogP contribution in [0.4, 0.5) is 0 Å². The van der Waals surface area contributed by atoms with Crippen molar-refractivity contribution in [2.45, 2.75) is 91.1 Å². The van der Waals surface area contributed by atoms with Gasteiger partial charge in [-0.25, -0.2) is 0 Å². The van der Waals surface area contributed by atoms with Crippen molar-refractivity contribution in [3.8, 4) is 0 Å². The van der Waals surface area contributed by atoms with Gasteiger partial charge in [0.15, 0.2) is 0 Å². The molecule has 1 rings (SSSR count). The van der Waals surface area contributed by atoms with E-state index in [0.29, 0.717) is 6.17 Å². The summed E-state index contributed by atoms with van der Waals surface area (Å²) in [5, 5.41) is 0. The van der Waals surface area contributed by atoms with Crippen LogP contribution in [0.5, 0.6) is 0 Å². The molecule has 0 amide bonds. The third-order valence-corrected chi connectivity index (χ3v) is 4.42. The normalized spacial score (nSPS) is 18.2. The number of nitrogens with zero attached hydrogens (tertiary/aromatic N) is 2. The first kappa shape index (κ1) is 17.4. The summed E-state index contributed by atoms with van der Waals surface area (Å²) in [6.45, 7) is 9.22. The van der Waals surface area contributed by atoms with Crippen molar-refractivity contribution in [1.82, 2.24) is 9.80 Å². The maximum Gasteiger partial charge on any atom is 0.101 e. The highest BCUT2D eigenvalue weighted by atomic mass is 15.4. The molecule has 0 saturated carbocycles. The standard InChI is InChI=1S/C18H36N2/c1-4-7-9-10-11-12-14-18-19(6-3)16-17-20(18)15-13-8-5-2/h16-18H,4-15H2,1-3H3. The molecule has 0 aliphatic carbocycles. The second kappa shape index (κ2) is 11.0. The van der Waals surface area contributed by atoms with Crippen molar-refractivity contribution in [3.63, 3.8) is 0 Å². The van der Waals surface area contributed by atoms with Gasteiger partial charge in [-0.2, -0.15) is 0 Å². The minimum atomic E-state index is 0.642. The Kier molecular flexibility index (Phi) is 9.61. The van der Waals surface area contributed by atoms with Crippen molar-refractivity contribution in [3.05, 3.63) is 12.4 Å². The van der Waals surface area contributed by atoms with Crippen LogP contribution in [0.15, 0.2) is 12.4 Å². The Morgan fingerprint density at radius 1 is 0.700 bits per heavy atom. The van der Waals surface area contributed by atoms with Crippen LogP contribution < -0.4 is 0 Å². The summed E-state index contributed by atoms with van der Waals surface area (Å²) < 4.78 is 0. The molecule has 1 heterocycles. The Bertz CT molecular complexity index is 250. The van der Waals surface area contributed by atoms with Crippen molar-refractivity contribution in [1.29, 1.82) is 0 Å². The molecule has 0 aromatic heterocycles. The fourth-order valence-electron chi connectivity index (χ4n) is 3.08. The smallest absolute Gasteiger partial charge is 0.101 e. The summed E-state index contributed by atoms with van der Waals surface area (Å²) >= 11 is 0. The topological polar surface area (TPSA) is 6.48 Å². The van der Waals surface area contributed by atoms with E-state index in [0.717, 1.165) is 6.54 Å². The Morgan fingerprint density at radius 2 is 1.30 bits per heavy atom. The molecule has 0 radical (unpaired) electrons. The van der Waals surface area contributed by atoms with Gasteiger partial charge in [0.1, 0.15) is 6.17 Å². The first-order chi connectivity index (χ1) is 9.83. The number of rotatable bonds is 12. The molecule has 0 saturated heterocycles. The molecule has 0 aromatic carbocycles. The average molecular weight is 280 g/mol. The second-order valence-electron chi connectivity index (χ2n) is 6.11. The van der Waals surface area contributed by atoms with Gasteiger partial charge in [0, 0.05) is 25.5 Å². The zero-order valence-corrected chi connectivity index (χ0v) is 14.1. The maximum atomic E-state index is 2.57. The van der Waals surface area contributed by atoms with Crippen molar-refractivity contribution in [2.24, 2.45) is 0 Å². The molecule has 1 aliphatic heterocycles. The molecule has 1 unspecified atom stereocenters. The summed E-state index contributed by atoms with van der Waals surface area (Å²) in [5.41, 5.74) is 0. The number of hydrogen-bond donors (Lipinski definition) is 0. The van der Waals surface area contributed by atoms with E-state index in [1.54, 1.807) is 0 Å². The van der Waals surface area contributed by atoms with Crippen LogP contribution >= 0.6 is 0 Å². The van der Waals surface area contributed by atoms with Crippen LogP contribution in [0.25, 0.3) is 0 Å². The molecule has 0 spiro atoms. The summed E-state index contributed by atoms with van der Waals surface area (Å²) in [5.74, 6) is 0. The van der Waals surface area contributed by atoms with Crippen LogP contribution in [0, 0.1) is 0 Å². The third kappa shape index (κ3) is 6.19. The molecule has 118 valence electrons. The molecule has 2 nitrogen and oxygen atoms in total. The zero-order valence-electron chi connectivity index (χ0n) is 14.1.